The molecule has 3 aromatic rings. The molecule has 7 nitrogen and oxygen atoms in total. The van der Waals surface area contributed by atoms with E-state index in [1.165, 1.54) is 0 Å². The molecule has 0 radical (unpaired) electrons. The minimum absolute atomic E-state index is 0.302. The molecule has 122 valence electrons. The number of nitrogens with two attached hydrogens (primary N) is 1. The Morgan fingerprint density at radius 3 is 2.46 bits per heavy atom. The number of fused-ring (bicyclic) bond motifs is 3. The van der Waals surface area contributed by atoms with Gasteiger partial charge in [-0.05, 0) is 24.3 Å². The van der Waals surface area contributed by atoms with E-state index in [-0.39, 0.29) is 0 Å². The summed E-state index contributed by atoms with van der Waals surface area (Å²) in [5.74, 6) is 2.31. The van der Waals surface area contributed by atoms with E-state index in [2.05, 4.69) is 15.3 Å². The average Bonchev–Trinajstić information content (AvgIpc) is 2.98. The van der Waals surface area contributed by atoms with E-state index in [4.69, 9.17) is 15.2 Å². The summed E-state index contributed by atoms with van der Waals surface area (Å²) in [6.45, 7) is 0. The van der Waals surface area contributed by atoms with Gasteiger partial charge in [-0.2, -0.15) is 0 Å². The number of methoxy groups -OCH3 is 2. The summed E-state index contributed by atoms with van der Waals surface area (Å²) in [5, 5.41) is 3.02. The normalized spacial score (nSPS) is 16.2. The van der Waals surface area contributed by atoms with Crippen LogP contribution in [-0.4, -0.2) is 29.7 Å². The lowest BCUT2D eigenvalue weighted by molar-refractivity contribution is 0.375. The van der Waals surface area contributed by atoms with Gasteiger partial charge in [-0.25, -0.2) is 9.98 Å². The van der Waals surface area contributed by atoms with Crippen molar-refractivity contribution in [2.24, 2.45) is 10.7 Å². The van der Waals surface area contributed by atoms with Gasteiger partial charge in [0.1, 0.15) is 11.5 Å². The van der Waals surface area contributed by atoms with E-state index in [1.54, 1.807) is 14.2 Å². The molecule has 2 aromatic carbocycles. The number of nitrogens with zero attached hydrogens (tertiary/aromatic N) is 3. The van der Waals surface area contributed by atoms with Crippen molar-refractivity contribution in [3.63, 3.8) is 0 Å². The van der Waals surface area contributed by atoms with E-state index < -0.39 is 6.17 Å². The number of guanidine groups is 1. The van der Waals surface area contributed by atoms with Crippen molar-refractivity contribution in [1.29, 1.82) is 0 Å². The fraction of sp³-hybridized carbons (Fsp3) is 0.176. The van der Waals surface area contributed by atoms with Crippen LogP contribution in [0.4, 0.5) is 5.95 Å². The molecule has 2 heterocycles. The van der Waals surface area contributed by atoms with Gasteiger partial charge >= 0.3 is 0 Å². The zero-order valence-corrected chi connectivity index (χ0v) is 13.4. The highest BCUT2D eigenvalue weighted by Crippen LogP contribution is 2.41. The van der Waals surface area contributed by atoms with Gasteiger partial charge in [0.05, 0.1) is 30.8 Å². The first-order valence-corrected chi connectivity index (χ1v) is 7.51. The van der Waals surface area contributed by atoms with Crippen molar-refractivity contribution in [2.45, 2.75) is 6.17 Å². The van der Waals surface area contributed by atoms with Gasteiger partial charge in [-0.15, -0.1) is 0 Å². The predicted molar refractivity (Wildman–Crippen MR) is 92.7 cm³/mol. The molecule has 4 rings (SSSR count). The molecular formula is C17H17N5O2. The van der Waals surface area contributed by atoms with Gasteiger partial charge in [-0.3, -0.25) is 9.88 Å². The summed E-state index contributed by atoms with van der Waals surface area (Å²) in [4.78, 5) is 9.18. The Hall–Kier alpha value is -3.22. The molecular weight excluding hydrogens is 306 g/mol. The first-order chi connectivity index (χ1) is 11.7. The fourth-order valence-electron chi connectivity index (χ4n) is 3.04. The third-order valence-corrected chi connectivity index (χ3v) is 4.07. The van der Waals surface area contributed by atoms with Crippen LogP contribution in [0, 0.1) is 0 Å². The standard InChI is InChI=1S/C17H17N5O2/c1-23-12-8-5-9-13(24-2)14(12)15-20-16(18)21-17-19-10-6-3-4-7-11(10)22(15)17/h3-9,15H,1-2H3,(H3,18,19,20,21)/t15-/m1/s1. The largest absolute Gasteiger partial charge is 0.496 e. The molecule has 24 heavy (non-hydrogen) atoms. The predicted octanol–water partition coefficient (Wildman–Crippen LogP) is 2.34. The molecule has 0 bridgehead atoms. The van der Waals surface area contributed by atoms with Crippen LogP contribution in [0.25, 0.3) is 11.0 Å². The zero-order chi connectivity index (χ0) is 16.7. The molecule has 0 amide bonds. The topological polar surface area (TPSA) is 86.7 Å². The molecule has 1 atom stereocenters. The van der Waals surface area contributed by atoms with E-state index in [0.29, 0.717) is 23.4 Å². The second kappa shape index (κ2) is 5.45. The Balaban J connectivity index is 2.02. The van der Waals surface area contributed by atoms with Crippen molar-refractivity contribution >= 4 is 22.9 Å². The number of nitrogens with one attached hydrogen (secondary N) is 1. The van der Waals surface area contributed by atoms with Crippen molar-refractivity contribution in [2.75, 3.05) is 19.5 Å². The Labute approximate surface area is 138 Å². The Kier molecular flexibility index (Phi) is 3.26. The second-order valence-corrected chi connectivity index (χ2v) is 5.38. The highest BCUT2D eigenvalue weighted by Gasteiger charge is 2.29. The van der Waals surface area contributed by atoms with Crippen molar-refractivity contribution in [3.05, 3.63) is 48.0 Å². The van der Waals surface area contributed by atoms with Crippen LogP contribution in [0.3, 0.4) is 0 Å². The number of ether oxygens (including phenoxy) is 2. The molecule has 0 aliphatic carbocycles. The maximum absolute atomic E-state index is 5.99. The van der Waals surface area contributed by atoms with Crippen molar-refractivity contribution in [1.82, 2.24) is 9.55 Å². The Bertz CT molecular complexity index is 925. The Morgan fingerprint density at radius 2 is 1.75 bits per heavy atom. The Morgan fingerprint density at radius 1 is 1.04 bits per heavy atom. The molecule has 0 spiro atoms. The van der Waals surface area contributed by atoms with Crippen LogP contribution in [-0.2, 0) is 0 Å². The number of rotatable bonds is 3. The molecule has 0 saturated heterocycles. The number of para-hydroxylation sites is 2. The van der Waals surface area contributed by atoms with Gasteiger partial charge < -0.3 is 15.2 Å². The lowest BCUT2D eigenvalue weighted by Gasteiger charge is -2.26. The number of aromatic nitrogens is 2. The highest BCUT2D eigenvalue weighted by molar-refractivity contribution is 5.94. The molecule has 1 aromatic heterocycles. The number of aliphatic imine (C=N–C) groups is 1. The monoisotopic (exact) mass is 323 g/mol. The van der Waals surface area contributed by atoms with Crippen LogP contribution < -0.4 is 20.5 Å². The minimum Gasteiger partial charge on any atom is -0.496 e. The van der Waals surface area contributed by atoms with Gasteiger partial charge in [-0.1, -0.05) is 18.2 Å². The number of imidazole rings is 1. The fourth-order valence-corrected chi connectivity index (χ4v) is 3.04. The number of hydrogen-bond donors (Lipinski definition) is 2. The second-order valence-electron chi connectivity index (χ2n) is 5.38. The molecule has 0 unspecified atom stereocenters. The number of hydrogen-bond acceptors (Lipinski definition) is 6. The summed E-state index contributed by atoms with van der Waals surface area (Å²) < 4.78 is 13.1. The summed E-state index contributed by atoms with van der Waals surface area (Å²) in [7, 11) is 3.25. The lowest BCUT2D eigenvalue weighted by atomic mass is 10.1. The average molecular weight is 323 g/mol. The quantitative estimate of drug-likeness (QED) is 0.772. The van der Waals surface area contributed by atoms with E-state index >= 15 is 0 Å². The molecule has 1 aliphatic heterocycles. The number of anilines is 1. The smallest absolute Gasteiger partial charge is 0.212 e. The maximum atomic E-state index is 5.99. The van der Waals surface area contributed by atoms with E-state index in [0.717, 1.165) is 16.6 Å². The summed E-state index contributed by atoms with van der Waals surface area (Å²) in [6.07, 6.45) is -0.431. The van der Waals surface area contributed by atoms with Gasteiger partial charge in [0.2, 0.25) is 5.95 Å². The van der Waals surface area contributed by atoms with Crippen molar-refractivity contribution in [3.8, 4) is 11.5 Å². The van der Waals surface area contributed by atoms with Crippen LogP contribution in [0.2, 0.25) is 0 Å². The van der Waals surface area contributed by atoms with Crippen LogP contribution in [0.5, 0.6) is 11.5 Å². The van der Waals surface area contributed by atoms with Crippen LogP contribution in [0.1, 0.15) is 11.7 Å². The summed E-state index contributed by atoms with van der Waals surface area (Å²) in [5.41, 5.74) is 8.61. The van der Waals surface area contributed by atoms with Crippen LogP contribution in [0.15, 0.2) is 47.5 Å². The SMILES string of the molecule is COc1cccc(OC)c1[C@@H]1N=C(N)Nc2nc3ccccc3n21. The molecule has 7 heteroatoms. The van der Waals surface area contributed by atoms with Crippen LogP contribution >= 0.6 is 0 Å². The highest BCUT2D eigenvalue weighted by atomic mass is 16.5. The zero-order valence-electron chi connectivity index (χ0n) is 13.4. The third kappa shape index (κ3) is 2.05. The lowest BCUT2D eigenvalue weighted by Crippen LogP contribution is -2.31. The molecule has 0 saturated carbocycles. The minimum atomic E-state index is -0.431. The first-order valence-electron chi connectivity index (χ1n) is 7.51. The molecule has 0 fully saturated rings. The maximum Gasteiger partial charge on any atom is 0.212 e. The van der Waals surface area contributed by atoms with Gasteiger partial charge in [0, 0.05) is 0 Å². The van der Waals surface area contributed by atoms with E-state index in [1.807, 2.05) is 47.0 Å². The third-order valence-electron chi connectivity index (χ3n) is 4.07. The summed E-state index contributed by atoms with van der Waals surface area (Å²) in [6, 6.07) is 13.5. The summed E-state index contributed by atoms with van der Waals surface area (Å²) >= 11 is 0. The van der Waals surface area contributed by atoms with Gasteiger partial charge in [0.25, 0.3) is 0 Å². The van der Waals surface area contributed by atoms with Crippen molar-refractivity contribution < 1.29 is 9.47 Å². The molecule has 1 aliphatic rings. The van der Waals surface area contributed by atoms with Gasteiger partial charge in [0.15, 0.2) is 12.1 Å². The number of benzene rings is 2. The van der Waals surface area contributed by atoms with E-state index in [9.17, 15) is 0 Å². The molecule has 3 N–H and O–H groups in total. The first kappa shape index (κ1) is 14.4.